The maximum atomic E-state index is 13.6. The van der Waals surface area contributed by atoms with Gasteiger partial charge in [-0.05, 0) is 42.8 Å². The van der Waals surface area contributed by atoms with Crippen LogP contribution in [0.15, 0.2) is 48.5 Å². The van der Waals surface area contributed by atoms with Gasteiger partial charge in [-0.2, -0.15) is 0 Å². The van der Waals surface area contributed by atoms with E-state index in [1.807, 2.05) is 0 Å². The molecule has 0 bridgehead atoms. The summed E-state index contributed by atoms with van der Waals surface area (Å²) < 4.78 is 40.2. The molecule has 0 heterocycles. The van der Waals surface area contributed by atoms with Gasteiger partial charge in [0.05, 0.1) is 0 Å². The van der Waals surface area contributed by atoms with Gasteiger partial charge in [0.25, 0.3) is 0 Å². The molecular weight excluding hydrogens is 345 g/mol. The van der Waals surface area contributed by atoms with Crippen LogP contribution in [-0.4, -0.2) is 29.8 Å². The summed E-state index contributed by atoms with van der Waals surface area (Å²) in [7, 11) is 0. The van der Waals surface area contributed by atoms with Crippen molar-refractivity contribution in [3.8, 4) is 0 Å². The predicted octanol–water partition coefficient (Wildman–Crippen LogP) is 3.60. The molecule has 26 heavy (non-hydrogen) atoms. The van der Waals surface area contributed by atoms with E-state index in [0.29, 0.717) is 5.56 Å². The molecule has 0 spiro atoms. The summed E-state index contributed by atoms with van der Waals surface area (Å²) in [6, 6.07) is 8.88. The highest BCUT2D eigenvalue weighted by molar-refractivity contribution is 5.98. The van der Waals surface area contributed by atoms with Crippen LogP contribution in [-0.2, 0) is 9.59 Å². The lowest BCUT2D eigenvalue weighted by molar-refractivity contribution is -0.130. The Morgan fingerprint density at radius 2 is 1.73 bits per heavy atom. The van der Waals surface area contributed by atoms with Gasteiger partial charge in [-0.3, -0.25) is 9.59 Å². The molecule has 0 aliphatic heterocycles. The van der Waals surface area contributed by atoms with Crippen molar-refractivity contribution in [2.45, 2.75) is 6.92 Å². The zero-order chi connectivity index (χ0) is 19.1. The van der Waals surface area contributed by atoms with Crippen molar-refractivity contribution >= 4 is 23.6 Å². The standard InChI is InChI=1S/C19H17F3N2O2/c1-2-24(18(26)10-9-13-5-3-6-14(20)11-13)12-17(25)23-19-15(21)7-4-8-16(19)22/h3-11H,2,12H2,1H3,(H,23,25)/b10-9+. The van der Waals surface area contributed by atoms with Crippen LogP contribution in [0.25, 0.3) is 6.08 Å². The molecule has 0 saturated carbocycles. The fourth-order valence-electron chi connectivity index (χ4n) is 2.20. The van der Waals surface area contributed by atoms with Crippen molar-refractivity contribution in [3.63, 3.8) is 0 Å². The number of rotatable bonds is 6. The highest BCUT2D eigenvalue weighted by Gasteiger charge is 2.16. The zero-order valence-corrected chi connectivity index (χ0v) is 14.0. The lowest BCUT2D eigenvalue weighted by atomic mass is 10.2. The summed E-state index contributed by atoms with van der Waals surface area (Å²) in [5, 5.41) is 2.12. The molecule has 0 aliphatic carbocycles. The van der Waals surface area contributed by atoms with E-state index < -0.39 is 35.0 Å². The smallest absolute Gasteiger partial charge is 0.247 e. The van der Waals surface area contributed by atoms with Crippen molar-refractivity contribution in [2.24, 2.45) is 0 Å². The van der Waals surface area contributed by atoms with E-state index >= 15 is 0 Å². The number of nitrogens with zero attached hydrogens (tertiary/aromatic N) is 1. The topological polar surface area (TPSA) is 49.4 Å². The van der Waals surface area contributed by atoms with E-state index in [-0.39, 0.29) is 13.1 Å². The summed E-state index contributed by atoms with van der Waals surface area (Å²) in [5.41, 5.74) is -0.0661. The number of para-hydroxylation sites is 1. The van der Waals surface area contributed by atoms with Crippen LogP contribution in [0.4, 0.5) is 18.9 Å². The summed E-state index contributed by atoms with van der Waals surface area (Å²) in [4.78, 5) is 25.4. The molecule has 0 aromatic heterocycles. The maximum Gasteiger partial charge on any atom is 0.247 e. The molecule has 0 unspecified atom stereocenters. The minimum absolute atomic E-state index is 0.208. The quantitative estimate of drug-likeness (QED) is 0.798. The molecule has 1 N–H and O–H groups in total. The lowest BCUT2D eigenvalue weighted by Gasteiger charge is -2.18. The molecule has 2 rings (SSSR count). The second kappa shape index (κ2) is 8.84. The number of hydrogen-bond donors (Lipinski definition) is 1. The number of anilines is 1. The molecular formula is C19H17F3N2O2. The van der Waals surface area contributed by atoms with Gasteiger partial charge in [-0.1, -0.05) is 18.2 Å². The first-order valence-corrected chi connectivity index (χ1v) is 7.87. The van der Waals surface area contributed by atoms with Gasteiger partial charge in [-0.15, -0.1) is 0 Å². The molecule has 0 atom stereocenters. The Hall–Kier alpha value is -3.09. The first-order chi connectivity index (χ1) is 12.4. The average molecular weight is 362 g/mol. The third-order valence-electron chi connectivity index (χ3n) is 3.52. The van der Waals surface area contributed by atoms with Crippen molar-refractivity contribution in [3.05, 3.63) is 71.6 Å². The van der Waals surface area contributed by atoms with Crippen molar-refractivity contribution in [2.75, 3.05) is 18.4 Å². The Morgan fingerprint density at radius 3 is 2.35 bits per heavy atom. The van der Waals surface area contributed by atoms with Crippen LogP contribution in [0, 0.1) is 17.5 Å². The molecule has 7 heteroatoms. The second-order valence-corrected chi connectivity index (χ2v) is 5.39. The number of likely N-dealkylation sites (N-methyl/N-ethyl adjacent to an activating group) is 1. The van der Waals surface area contributed by atoms with Crippen LogP contribution in [0.3, 0.4) is 0 Å². The molecule has 2 aromatic rings. The SMILES string of the molecule is CCN(CC(=O)Nc1c(F)cccc1F)C(=O)/C=C/c1cccc(F)c1. The first kappa shape index (κ1) is 19.2. The first-order valence-electron chi connectivity index (χ1n) is 7.87. The van der Waals surface area contributed by atoms with E-state index in [1.54, 1.807) is 13.0 Å². The fraction of sp³-hybridized carbons (Fsp3) is 0.158. The predicted molar refractivity (Wildman–Crippen MR) is 92.7 cm³/mol. The van der Waals surface area contributed by atoms with Crippen molar-refractivity contribution < 1.29 is 22.8 Å². The highest BCUT2D eigenvalue weighted by atomic mass is 19.1. The van der Waals surface area contributed by atoms with E-state index in [1.165, 1.54) is 41.3 Å². The molecule has 0 radical (unpaired) electrons. The lowest BCUT2D eigenvalue weighted by Crippen LogP contribution is -2.37. The Labute approximate surface area is 148 Å². The number of nitrogens with one attached hydrogen (secondary N) is 1. The van der Waals surface area contributed by atoms with E-state index in [4.69, 9.17) is 0 Å². The molecule has 2 amide bonds. The number of benzene rings is 2. The van der Waals surface area contributed by atoms with Gasteiger partial charge in [0.1, 0.15) is 29.7 Å². The zero-order valence-electron chi connectivity index (χ0n) is 14.0. The fourth-order valence-corrected chi connectivity index (χ4v) is 2.20. The number of carbonyl (C=O) groups excluding carboxylic acids is 2. The molecule has 136 valence electrons. The highest BCUT2D eigenvalue weighted by Crippen LogP contribution is 2.17. The van der Waals surface area contributed by atoms with Gasteiger partial charge in [-0.25, -0.2) is 13.2 Å². The summed E-state index contributed by atoms with van der Waals surface area (Å²) in [5.74, 6) is -3.46. The normalized spacial score (nSPS) is 10.8. The average Bonchev–Trinajstić information content (AvgIpc) is 2.61. The van der Waals surface area contributed by atoms with Gasteiger partial charge < -0.3 is 10.2 Å². The Morgan fingerprint density at radius 1 is 1.08 bits per heavy atom. The monoisotopic (exact) mass is 362 g/mol. The number of halogens is 3. The number of hydrogen-bond acceptors (Lipinski definition) is 2. The van der Waals surface area contributed by atoms with E-state index in [9.17, 15) is 22.8 Å². The Bertz CT molecular complexity index is 817. The molecule has 0 fully saturated rings. The van der Waals surface area contributed by atoms with Crippen LogP contribution in [0.5, 0.6) is 0 Å². The minimum atomic E-state index is -0.904. The number of amides is 2. The van der Waals surface area contributed by atoms with Gasteiger partial charge in [0.15, 0.2) is 0 Å². The molecule has 2 aromatic carbocycles. The van der Waals surface area contributed by atoms with E-state index in [0.717, 1.165) is 12.1 Å². The summed E-state index contributed by atoms with van der Waals surface area (Å²) in [6.07, 6.45) is 2.62. The van der Waals surface area contributed by atoms with E-state index in [2.05, 4.69) is 5.32 Å². The largest absolute Gasteiger partial charge is 0.330 e. The maximum absolute atomic E-state index is 13.6. The van der Waals surface area contributed by atoms with Gasteiger partial charge >= 0.3 is 0 Å². The van der Waals surface area contributed by atoms with Crippen LogP contribution in [0.2, 0.25) is 0 Å². The third-order valence-corrected chi connectivity index (χ3v) is 3.52. The molecule has 0 aliphatic rings. The molecule has 4 nitrogen and oxygen atoms in total. The second-order valence-electron chi connectivity index (χ2n) is 5.39. The number of carbonyl (C=O) groups is 2. The molecule has 0 saturated heterocycles. The summed E-state index contributed by atoms with van der Waals surface area (Å²) in [6.45, 7) is 1.49. The van der Waals surface area contributed by atoms with Crippen LogP contribution < -0.4 is 5.32 Å². The Balaban J connectivity index is 2.01. The van der Waals surface area contributed by atoms with Gasteiger partial charge in [0, 0.05) is 12.6 Å². The third kappa shape index (κ3) is 5.20. The minimum Gasteiger partial charge on any atom is -0.330 e. The van der Waals surface area contributed by atoms with Gasteiger partial charge in [0.2, 0.25) is 11.8 Å². The van der Waals surface area contributed by atoms with Crippen molar-refractivity contribution in [1.29, 1.82) is 0 Å². The van der Waals surface area contributed by atoms with Crippen LogP contribution in [0.1, 0.15) is 12.5 Å². The van der Waals surface area contributed by atoms with Crippen molar-refractivity contribution in [1.82, 2.24) is 4.90 Å². The Kier molecular flexibility index (Phi) is 6.54. The van der Waals surface area contributed by atoms with Crippen LogP contribution >= 0.6 is 0 Å². The summed E-state index contributed by atoms with van der Waals surface area (Å²) >= 11 is 0.